The lowest BCUT2D eigenvalue weighted by Crippen LogP contribution is -2.25. The molecule has 0 unspecified atom stereocenters. The number of hydrogen-bond donors (Lipinski definition) is 1. The molecule has 106 valence electrons. The minimum Gasteiger partial charge on any atom is -0.356 e. The molecule has 1 N–H and O–H groups in total. The number of hydrogen-bond acceptors (Lipinski definition) is 3. The SMILES string of the molecule is Cc1csc(CCNC(=O)CCc2ccc(F)cc2)n1. The smallest absolute Gasteiger partial charge is 0.220 e. The van der Waals surface area contributed by atoms with Gasteiger partial charge in [0.15, 0.2) is 0 Å². The molecule has 20 heavy (non-hydrogen) atoms. The van der Waals surface area contributed by atoms with Crippen LogP contribution in [0.3, 0.4) is 0 Å². The molecule has 0 aliphatic carbocycles. The van der Waals surface area contributed by atoms with E-state index in [1.54, 1.807) is 23.5 Å². The second-order valence-corrected chi connectivity index (χ2v) is 5.55. The van der Waals surface area contributed by atoms with Gasteiger partial charge in [-0.05, 0) is 31.0 Å². The van der Waals surface area contributed by atoms with Gasteiger partial charge in [-0.2, -0.15) is 0 Å². The van der Waals surface area contributed by atoms with E-state index >= 15 is 0 Å². The van der Waals surface area contributed by atoms with Crippen molar-refractivity contribution in [2.45, 2.75) is 26.2 Å². The van der Waals surface area contributed by atoms with E-state index in [-0.39, 0.29) is 11.7 Å². The number of thiazole rings is 1. The molecule has 5 heteroatoms. The van der Waals surface area contributed by atoms with Crippen LogP contribution in [0.5, 0.6) is 0 Å². The molecule has 3 nitrogen and oxygen atoms in total. The number of benzene rings is 1. The molecule has 1 amide bonds. The van der Waals surface area contributed by atoms with E-state index < -0.39 is 0 Å². The first kappa shape index (κ1) is 14.7. The van der Waals surface area contributed by atoms with Crippen LogP contribution in [0, 0.1) is 12.7 Å². The third kappa shape index (κ3) is 4.74. The normalized spacial score (nSPS) is 10.5. The average molecular weight is 292 g/mol. The number of carbonyl (C=O) groups is 1. The van der Waals surface area contributed by atoms with Crippen molar-refractivity contribution in [2.24, 2.45) is 0 Å². The molecule has 0 aliphatic rings. The zero-order chi connectivity index (χ0) is 14.4. The number of aromatic nitrogens is 1. The van der Waals surface area contributed by atoms with Crippen LogP contribution in [-0.4, -0.2) is 17.4 Å². The fourth-order valence-corrected chi connectivity index (χ4v) is 2.60. The molecule has 0 bridgehead atoms. The van der Waals surface area contributed by atoms with Crippen molar-refractivity contribution >= 4 is 17.2 Å². The summed E-state index contributed by atoms with van der Waals surface area (Å²) in [6, 6.07) is 6.25. The van der Waals surface area contributed by atoms with Crippen LogP contribution in [0.2, 0.25) is 0 Å². The van der Waals surface area contributed by atoms with Crippen LogP contribution < -0.4 is 5.32 Å². The first-order valence-electron chi connectivity index (χ1n) is 6.55. The molecule has 0 saturated carbocycles. The lowest BCUT2D eigenvalue weighted by molar-refractivity contribution is -0.121. The topological polar surface area (TPSA) is 42.0 Å². The third-order valence-corrected chi connectivity index (χ3v) is 3.91. The number of nitrogens with zero attached hydrogens (tertiary/aromatic N) is 1. The predicted molar refractivity (Wildman–Crippen MR) is 78.3 cm³/mol. The Hall–Kier alpha value is -1.75. The van der Waals surface area contributed by atoms with Crippen molar-refractivity contribution in [1.82, 2.24) is 10.3 Å². The van der Waals surface area contributed by atoms with Gasteiger partial charge in [0.1, 0.15) is 5.82 Å². The van der Waals surface area contributed by atoms with Crippen molar-refractivity contribution in [2.75, 3.05) is 6.54 Å². The van der Waals surface area contributed by atoms with Gasteiger partial charge in [-0.1, -0.05) is 12.1 Å². The van der Waals surface area contributed by atoms with E-state index in [9.17, 15) is 9.18 Å². The monoisotopic (exact) mass is 292 g/mol. The highest BCUT2D eigenvalue weighted by Gasteiger charge is 2.03. The lowest BCUT2D eigenvalue weighted by Gasteiger charge is -2.04. The Morgan fingerprint density at radius 3 is 2.70 bits per heavy atom. The molecule has 1 aromatic heterocycles. The number of halogens is 1. The Kier molecular flexibility index (Phi) is 5.24. The summed E-state index contributed by atoms with van der Waals surface area (Å²) in [5.74, 6) is -0.237. The number of aryl methyl sites for hydroxylation is 2. The highest BCUT2D eigenvalue weighted by atomic mass is 32.1. The van der Waals surface area contributed by atoms with Crippen LogP contribution in [0.15, 0.2) is 29.6 Å². The summed E-state index contributed by atoms with van der Waals surface area (Å²) in [6.45, 7) is 2.57. The summed E-state index contributed by atoms with van der Waals surface area (Å²) in [4.78, 5) is 16.0. The van der Waals surface area contributed by atoms with Gasteiger partial charge in [0.2, 0.25) is 5.91 Å². The van der Waals surface area contributed by atoms with Crippen molar-refractivity contribution in [3.8, 4) is 0 Å². The summed E-state index contributed by atoms with van der Waals surface area (Å²) >= 11 is 1.61. The molecule has 2 aromatic rings. The van der Waals surface area contributed by atoms with Gasteiger partial charge >= 0.3 is 0 Å². The van der Waals surface area contributed by atoms with E-state index in [0.717, 1.165) is 22.7 Å². The Bertz CT molecular complexity index is 566. The van der Waals surface area contributed by atoms with Crippen LogP contribution in [0.4, 0.5) is 4.39 Å². The van der Waals surface area contributed by atoms with Crippen LogP contribution >= 0.6 is 11.3 Å². The van der Waals surface area contributed by atoms with Gasteiger partial charge in [0.25, 0.3) is 0 Å². The maximum absolute atomic E-state index is 12.7. The molecule has 1 aromatic carbocycles. The molecule has 0 spiro atoms. The zero-order valence-electron chi connectivity index (χ0n) is 11.4. The molecule has 0 fully saturated rings. The summed E-state index contributed by atoms with van der Waals surface area (Å²) in [6.07, 6.45) is 1.81. The van der Waals surface area contributed by atoms with E-state index in [1.807, 2.05) is 12.3 Å². The molecule has 0 aliphatic heterocycles. The second-order valence-electron chi connectivity index (χ2n) is 4.61. The van der Waals surface area contributed by atoms with Gasteiger partial charge in [-0.3, -0.25) is 4.79 Å². The fraction of sp³-hybridized carbons (Fsp3) is 0.333. The number of amides is 1. The molecule has 2 rings (SSSR count). The lowest BCUT2D eigenvalue weighted by atomic mass is 10.1. The highest BCUT2D eigenvalue weighted by molar-refractivity contribution is 7.09. The Balaban J connectivity index is 1.66. The van der Waals surface area contributed by atoms with Crippen molar-refractivity contribution < 1.29 is 9.18 Å². The molecule has 0 atom stereocenters. The van der Waals surface area contributed by atoms with Crippen LogP contribution in [0.25, 0.3) is 0 Å². The minimum absolute atomic E-state index is 0.0163. The van der Waals surface area contributed by atoms with Gasteiger partial charge in [-0.25, -0.2) is 9.37 Å². The summed E-state index contributed by atoms with van der Waals surface area (Å²) < 4.78 is 12.7. The fourth-order valence-electron chi connectivity index (χ4n) is 1.82. The first-order valence-corrected chi connectivity index (χ1v) is 7.43. The van der Waals surface area contributed by atoms with Gasteiger partial charge in [-0.15, -0.1) is 11.3 Å². The van der Waals surface area contributed by atoms with E-state index in [4.69, 9.17) is 0 Å². The Morgan fingerprint density at radius 1 is 1.30 bits per heavy atom. The number of carbonyl (C=O) groups excluding carboxylic acids is 1. The molecular formula is C15H17FN2OS. The summed E-state index contributed by atoms with van der Waals surface area (Å²) in [7, 11) is 0. The zero-order valence-corrected chi connectivity index (χ0v) is 12.2. The predicted octanol–water partition coefficient (Wildman–Crippen LogP) is 2.88. The van der Waals surface area contributed by atoms with Crippen LogP contribution in [-0.2, 0) is 17.6 Å². The van der Waals surface area contributed by atoms with Crippen molar-refractivity contribution in [3.63, 3.8) is 0 Å². The number of rotatable bonds is 6. The quantitative estimate of drug-likeness (QED) is 0.889. The average Bonchev–Trinajstić information content (AvgIpc) is 2.84. The maximum Gasteiger partial charge on any atom is 0.220 e. The van der Waals surface area contributed by atoms with Crippen molar-refractivity contribution in [1.29, 1.82) is 0 Å². The third-order valence-electron chi connectivity index (χ3n) is 2.88. The van der Waals surface area contributed by atoms with E-state index in [0.29, 0.717) is 19.4 Å². The minimum atomic E-state index is -0.253. The molecule has 0 radical (unpaired) electrons. The summed E-state index contributed by atoms with van der Waals surface area (Å²) in [5.41, 5.74) is 1.99. The number of nitrogens with one attached hydrogen (secondary N) is 1. The molecular weight excluding hydrogens is 275 g/mol. The van der Waals surface area contributed by atoms with Crippen LogP contribution in [0.1, 0.15) is 22.7 Å². The maximum atomic E-state index is 12.7. The van der Waals surface area contributed by atoms with E-state index in [2.05, 4.69) is 10.3 Å². The van der Waals surface area contributed by atoms with Gasteiger partial charge < -0.3 is 5.32 Å². The van der Waals surface area contributed by atoms with Gasteiger partial charge in [0, 0.05) is 30.5 Å². The second kappa shape index (κ2) is 7.14. The summed E-state index contributed by atoms with van der Waals surface area (Å²) in [5, 5.41) is 5.92. The molecule has 0 saturated heterocycles. The standard InChI is InChI=1S/C15H17FN2OS/c1-11-10-20-15(18-11)8-9-17-14(19)7-4-12-2-5-13(16)6-3-12/h2-3,5-6,10H,4,7-9H2,1H3,(H,17,19). The highest BCUT2D eigenvalue weighted by Crippen LogP contribution is 2.09. The Labute approximate surface area is 121 Å². The van der Waals surface area contributed by atoms with Gasteiger partial charge in [0.05, 0.1) is 5.01 Å². The van der Waals surface area contributed by atoms with E-state index in [1.165, 1.54) is 12.1 Å². The molecule has 1 heterocycles. The van der Waals surface area contributed by atoms with Crippen molar-refractivity contribution in [3.05, 3.63) is 51.7 Å². The largest absolute Gasteiger partial charge is 0.356 e. The first-order chi connectivity index (χ1) is 9.63. The Morgan fingerprint density at radius 2 is 2.05 bits per heavy atom.